The first-order chi connectivity index (χ1) is 10.1. The van der Waals surface area contributed by atoms with Crippen molar-refractivity contribution in [3.63, 3.8) is 0 Å². The Morgan fingerprint density at radius 1 is 1.33 bits per heavy atom. The van der Waals surface area contributed by atoms with E-state index in [4.69, 9.17) is 5.11 Å². The minimum atomic E-state index is -0.940. The summed E-state index contributed by atoms with van der Waals surface area (Å²) in [4.78, 5) is 26.5. The second-order valence-electron chi connectivity index (χ2n) is 4.22. The van der Waals surface area contributed by atoms with Gasteiger partial charge in [-0.3, -0.25) is 14.7 Å². The van der Waals surface area contributed by atoms with Gasteiger partial charge >= 0.3 is 5.97 Å². The summed E-state index contributed by atoms with van der Waals surface area (Å²) in [6.45, 7) is 1.79. The molecule has 1 aromatic heterocycles. The number of rotatable bonds is 6. The molecule has 0 saturated heterocycles. The minimum Gasteiger partial charge on any atom is -0.481 e. The van der Waals surface area contributed by atoms with Crippen molar-refractivity contribution in [2.24, 2.45) is 0 Å². The summed E-state index contributed by atoms with van der Waals surface area (Å²) in [7, 11) is 0. The average Bonchev–Trinajstić information content (AvgIpc) is 2.85. The van der Waals surface area contributed by atoms with Crippen molar-refractivity contribution in [1.82, 2.24) is 15.2 Å². The summed E-state index contributed by atoms with van der Waals surface area (Å²) in [5, 5.41) is 18.1. The number of H-pyrrole nitrogens is 1. The van der Waals surface area contributed by atoms with Gasteiger partial charge in [-0.1, -0.05) is 12.1 Å². The van der Waals surface area contributed by atoms with Crippen LogP contribution in [0.25, 0.3) is 11.4 Å². The number of carbonyl (C=O) groups is 2. The van der Waals surface area contributed by atoms with Gasteiger partial charge in [-0.25, -0.2) is 4.98 Å². The van der Waals surface area contributed by atoms with Crippen molar-refractivity contribution < 1.29 is 14.7 Å². The van der Waals surface area contributed by atoms with Crippen LogP contribution in [0.3, 0.4) is 0 Å². The Morgan fingerprint density at radius 3 is 2.76 bits per heavy atom. The monoisotopic (exact) mass is 306 g/mol. The molecular weight excluding hydrogens is 292 g/mol. The number of aryl methyl sites for hydroxylation is 1. The topological polar surface area (TPSA) is 108 Å². The van der Waals surface area contributed by atoms with Crippen LogP contribution in [0.4, 0.5) is 5.69 Å². The Hall–Kier alpha value is -2.35. The van der Waals surface area contributed by atoms with E-state index in [0.717, 1.165) is 11.8 Å². The minimum absolute atomic E-state index is 0.0770. The molecule has 21 heavy (non-hydrogen) atoms. The molecule has 110 valence electrons. The summed E-state index contributed by atoms with van der Waals surface area (Å²) >= 11 is 1.05. The molecule has 0 aliphatic heterocycles. The summed E-state index contributed by atoms with van der Waals surface area (Å²) in [5.74, 6) is -0.0434. The first-order valence-corrected chi connectivity index (χ1v) is 7.29. The molecule has 0 bridgehead atoms. The van der Waals surface area contributed by atoms with Gasteiger partial charge in [0.15, 0.2) is 5.82 Å². The molecule has 0 spiro atoms. The second-order valence-corrected chi connectivity index (χ2v) is 5.21. The third-order valence-corrected chi connectivity index (χ3v) is 3.42. The zero-order chi connectivity index (χ0) is 15.2. The number of aliphatic carboxylic acids is 1. The van der Waals surface area contributed by atoms with Crippen LogP contribution < -0.4 is 5.32 Å². The van der Waals surface area contributed by atoms with Gasteiger partial charge < -0.3 is 10.4 Å². The lowest BCUT2D eigenvalue weighted by atomic mass is 10.1. The van der Waals surface area contributed by atoms with E-state index in [0.29, 0.717) is 22.9 Å². The maximum atomic E-state index is 11.8. The number of benzene rings is 1. The molecule has 0 unspecified atom stereocenters. The lowest BCUT2D eigenvalue weighted by molar-refractivity contribution is -0.133. The van der Waals surface area contributed by atoms with Crippen LogP contribution in [0.1, 0.15) is 5.82 Å². The quantitative estimate of drug-likeness (QED) is 0.747. The van der Waals surface area contributed by atoms with Crippen molar-refractivity contribution in [1.29, 1.82) is 0 Å². The number of nitrogens with one attached hydrogen (secondary N) is 2. The van der Waals surface area contributed by atoms with Crippen LogP contribution in [0, 0.1) is 6.92 Å². The van der Waals surface area contributed by atoms with E-state index in [9.17, 15) is 9.59 Å². The first-order valence-electron chi connectivity index (χ1n) is 6.14. The number of carboxylic acid groups (broad SMARTS) is 1. The summed E-state index contributed by atoms with van der Waals surface area (Å²) in [5.41, 5.74) is 1.30. The Kier molecular flexibility index (Phi) is 4.94. The van der Waals surface area contributed by atoms with Crippen LogP contribution in [0.5, 0.6) is 0 Å². The number of carbonyl (C=O) groups excluding carboxylic acids is 1. The standard InChI is InChI=1S/C13H14N4O3S/c1-8-14-13(17-16-8)9-4-2-3-5-10(9)15-11(18)6-21-7-12(19)20/h2-5H,6-7H2,1H3,(H,15,18)(H,19,20)(H,14,16,17). The molecule has 0 radical (unpaired) electrons. The highest BCUT2D eigenvalue weighted by atomic mass is 32.2. The fourth-order valence-corrected chi connectivity index (χ4v) is 2.20. The molecule has 0 atom stereocenters. The van der Waals surface area contributed by atoms with Gasteiger partial charge in [0.25, 0.3) is 0 Å². The van der Waals surface area contributed by atoms with Crippen molar-refractivity contribution in [2.75, 3.05) is 16.8 Å². The molecule has 0 fully saturated rings. The molecule has 0 aliphatic rings. The number of anilines is 1. The van der Waals surface area contributed by atoms with Crippen LogP contribution in [-0.4, -0.2) is 43.7 Å². The van der Waals surface area contributed by atoms with Gasteiger partial charge in [0.05, 0.1) is 17.2 Å². The fraction of sp³-hybridized carbons (Fsp3) is 0.231. The number of hydrogen-bond donors (Lipinski definition) is 3. The van der Waals surface area contributed by atoms with Gasteiger partial charge in [-0.05, 0) is 19.1 Å². The number of carboxylic acids is 1. The highest BCUT2D eigenvalue weighted by Crippen LogP contribution is 2.24. The number of nitrogens with zero attached hydrogens (tertiary/aromatic N) is 2. The summed E-state index contributed by atoms with van der Waals surface area (Å²) in [6, 6.07) is 7.18. The molecule has 1 heterocycles. The fourth-order valence-electron chi connectivity index (χ4n) is 1.67. The van der Waals surface area contributed by atoms with Crippen molar-refractivity contribution in [3.8, 4) is 11.4 Å². The predicted octanol–water partition coefficient (Wildman–Crippen LogP) is 1.54. The number of hydrogen-bond acceptors (Lipinski definition) is 5. The number of thioether (sulfide) groups is 1. The first kappa shape index (κ1) is 15.0. The van der Waals surface area contributed by atoms with Crippen LogP contribution in [-0.2, 0) is 9.59 Å². The maximum absolute atomic E-state index is 11.8. The van der Waals surface area contributed by atoms with Crippen molar-refractivity contribution in [2.45, 2.75) is 6.92 Å². The maximum Gasteiger partial charge on any atom is 0.313 e. The normalized spacial score (nSPS) is 10.3. The lowest BCUT2D eigenvalue weighted by Gasteiger charge is -2.08. The Morgan fingerprint density at radius 2 is 2.10 bits per heavy atom. The Bertz CT molecular complexity index is 656. The third kappa shape index (κ3) is 4.32. The van der Waals surface area contributed by atoms with Gasteiger partial charge in [-0.15, -0.1) is 11.8 Å². The van der Waals surface area contributed by atoms with Crippen LogP contribution in [0.15, 0.2) is 24.3 Å². The Labute approximate surface area is 125 Å². The average molecular weight is 306 g/mol. The van der Waals surface area contributed by atoms with Gasteiger partial charge in [0.2, 0.25) is 5.91 Å². The highest BCUT2D eigenvalue weighted by molar-refractivity contribution is 8.00. The van der Waals surface area contributed by atoms with Gasteiger partial charge in [0.1, 0.15) is 5.82 Å². The van der Waals surface area contributed by atoms with E-state index in [1.807, 2.05) is 12.1 Å². The van der Waals surface area contributed by atoms with E-state index in [2.05, 4.69) is 20.5 Å². The van der Waals surface area contributed by atoms with Crippen LogP contribution in [0.2, 0.25) is 0 Å². The summed E-state index contributed by atoms with van der Waals surface area (Å²) in [6.07, 6.45) is 0. The third-order valence-electron chi connectivity index (χ3n) is 2.50. The van der Waals surface area contributed by atoms with Crippen molar-refractivity contribution in [3.05, 3.63) is 30.1 Å². The molecule has 2 aromatic rings. The molecule has 1 aromatic carbocycles. The zero-order valence-corrected chi connectivity index (χ0v) is 12.1. The zero-order valence-electron chi connectivity index (χ0n) is 11.3. The molecule has 0 saturated carbocycles. The number of aromatic amines is 1. The van der Waals surface area contributed by atoms with Gasteiger partial charge in [-0.2, -0.15) is 5.10 Å². The lowest BCUT2D eigenvalue weighted by Crippen LogP contribution is -2.16. The molecule has 1 amide bonds. The highest BCUT2D eigenvalue weighted by Gasteiger charge is 2.12. The second kappa shape index (κ2) is 6.89. The van der Waals surface area contributed by atoms with E-state index >= 15 is 0 Å². The van der Waals surface area contributed by atoms with Crippen LogP contribution >= 0.6 is 11.8 Å². The van der Waals surface area contributed by atoms with E-state index in [-0.39, 0.29) is 17.4 Å². The molecular formula is C13H14N4O3S. The molecule has 8 heteroatoms. The van der Waals surface area contributed by atoms with E-state index in [1.54, 1.807) is 19.1 Å². The van der Waals surface area contributed by atoms with E-state index < -0.39 is 5.97 Å². The smallest absolute Gasteiger partial charge is 0.313 e. The number of para-hydroxylation sites is 1. The largest absolute Gasteiger partial charge is 0.481 e. The molecule has 2 rings (SSSR count). The van der Waals surface area contributed by atoms with E-state index in [1.165, 1.54) is 0 Å². The molecule has 0 aliphatic carbocycles. The molecule has 3 N–H and O–H groups in total. The SMILES string of the molecule is Cc1nc(-c2ccccc2NC(=O)CSCC(=O)O)n[nH]1. The number of amides is 1. The van der Waals surface area contributed by atoms with Gasteiger partial charge in [0, 0.05) is 5.56 Å². The number of aromatic nitrogens is 3. The summed E-state index contributed by atoms with van der Waals surface area (Å²) < 4.78 is 0. The predicted molar refractivity (Wildman–Crippen MR) is 80.1 cm³/mol. The van der Waals surface area contributed by atoms with Crippen molar-refractivity contribution >= 4 is 29.3 Å². The molecule has 7 nitrogen and oxygen atoms in total. The Balaban J connectivity index is 2.07.